The van der Waals surface area contributed by atoms with Crippen molar-refractivity contribution in [1.29, 1.82) is 0 Å². The molecule has 0 fully saturated rings. The molecule has 0 aliphatic rings. The predicted molar refractivity (Wildman–Crippen MR) is 84.6 cm³/mol. The van der Waals surface area contributed by atoms with Crippen LogP contribution in [0.25, 0.3) is 11.3 Å². The van der Waals surface area contributed by atoms with Gasteiger partial charge in [0, 0.05) is 31.1 Å². The summed E-state index contributed by atoms with van der Waals surface area (Å²) in [5.41, 5.74) is 5.29. The summed E-state index contributed by atoms with van der Waals surface area (Å²) in [6.45, 7) is 4.80. The first-order chi connectivity index (χ1) is 10.0. The molecule has 2 aromatic rings. The van der Waals surface area contributed by atoms with E-state index in [1.807, 2.05) is 24.7 Å². The summed E-state index contributed by atoms with van der Waals surface area (Å²) in [7, 11) is 3.49. The number of aromatic nitrogens is 2. The molecule has 0 radical (unpaired) electrons. The molecular formula is C16H23N3O2. The first-order valence-corrected chi connectivity index (χ1v) is 7.05. The van der Waals surface area contributed by atoms with Crippen molar-refractivity contribution in [3.05, 3.63) is 35.5 Å². The van der Waals surface area contributed by atoms with Crippen molar-refractivity contribution in [3.8, 4) is 11.3 Å². The molecule has 5 nitrogen and oxygen atoms in total. The van der Waals surface area contributed by atoms with E-state index in [0.717, 1.165) is 22.6 Å². The zero-order valence-electron chi connectivity index (χ0n) is 13.1. The van der Waals surface area contributed by atoms with Gasteiger partial charge in [0.05, 0.1) is 24.9 Å². The van der Waals surface area contributed by atoms with Gasteiger partial charge in [-0.25, -0.2) is 0 Å². The number of aliphatic hydroxyl groups excluding tert-OH is 1. The molecule has 1 heterocycles. The van der Waals surface area contributed by atoms with Crippen molar-refractivity contribution in [2.24, 2.45) is 0 Å². The standard InChI is InChI=1S/C16H23N3O2/c1-11-5-6-13(8-15(11)17-3)16-7-12(2)19(18-16)9-14(20)10-21-4/h5-8,14,17,20H,9-10H2,1-4H3. The summed E-state index contributed by atoms with van der Waals surface area (Å²) in [5.74, 6) is 0. The monoisotopic (exact) mass is 289 g/mol. The maximum atomic E-state index is 9.83. The lowest BCUT2D eigenvalue weighted by atomic mass is 10.1. The van der Waals surface area contributed by atoms with Crippen LogP contribution >= 0.6 is 0 Å². The Morgan fingerprint density at radius 1 is 1.33 bits per heavy atom. The van der Waals surface area contributed by atoms with Gasteiger partial charge in [0.1, 0.15) is 0 Å². The minimum atomic E-state index is -0.549. The van der Waals surface area contributed by atoms with Crippen LogP contribution in [0.5, 0.6) is 0 Å². The number of nitrogens with one attached hydrogen (secondary N) is 1. The van der Waals surface area contributed by atoms with Crippen LogP contribution in [-0.2, 0) is 11.3 Å². The Morgan fingerprint density at radius 3 is 2.76 bits per heavy atom. The largest absolute Gasteiger partial charge is 0.389 e. The van der Waals surface area contributed by atoms with E-state index in [9.17, 15) is 5.11 Å². The minimum Gasteiger partial charge on any atom is -0.389 e. The Hall–Kier alpha value is -1.85. The molecular weight excluding hydrogens is 266 g/mol. The van der Waals surface area contributed by atoms with Gasteiger partial charge >= 0.3 is 0 Å². The van der Waals surface area contributed by atoms with Crippen LogP contribution in [0.1, 0.15) is 11.3 Å². The van der Waals surface area contributed by atoms with E-state index < -0.39 is 6.10 Å². The second-order valence-corrected chi connectivity index (χ2v) is 5.24. The Morgan fingerprint density at radius 2 is 2.10 bits per heavy atom. The molecule has 2 rings (SSSR count). The summed E-state index contributed by atoms with van der Waals surface area (Å²) < 4.78 is 6.77. The first kappa shape index (κ1) is 15.5. The fourth-order valence-electron chi connectivity index (χ4n) is 2.33. The van der Waals surface area contributed by atoms with Crippen molar-refractivity contribution in [2.75, 3.05) is 26.1 Å². The molecule has 114 valence electrons. The number of ether oxygens (including phenoxy) is 1. The average Bonchev–Trinajstić information content (AvgIpc) is 2.81. The molecule has 0 aliphatic heterocycles. The molecule has 2 N–H and O–H groups in total. The number of aliphatic hydroxyl groups is 1. The van der Waals surface area contributed by atoms with Crippen molar-refractivity contribution in [2.45, 2.75) is 26.5 Å². The van der Waals surface area contributed by atoms with Crippen LogP contribution < -0.4 is 5.32 Å². The molecule has 0 saturated carbocycles. The Balaban J connectivity index is 2.25. The summed E-state index contributed by atoms with van der Waals surface area (Å²) in [4.78, 5) is 0. The van der Waals surface area contributed by atoms with Crippen molar-refractivity contribution < 1.29 is 9.84 Å². The number of aryl methyl sites for hydroxylation is 2. The topological polar surface area (TPSA) is 59.3 Å². The SMILES string of the molecule is CNc1cc(-c2cc(C)n(CC(O)COC)n2)ccc1C. The van der Waals surface area contributed by atoms with Crippen molar-refractivity contribution in [1.82, 2.24) is 9.78 Å². The molecule has 0 aliphatic carbocycles. The molecule has 0 amide bonds. The third-order valence-electron chi connectivity index (χ3n) is 3.53. The normalized spacial score (nSPS) is 12.4. The highest BCUT2D eigenvalue weighted by atomic mass is 16.5. The smallest absolute Gasteiger partial charge is 0.0968 e. The highest BCUT2D eigenvalue weighted by molar-refractivity contribution is 5.67. The summed E-state index contributed by atoms with van der Waals surface area (Å²) >= 11 is 0. The van der Waals surface area contributed by atoms with E-state index in [2.05, 4.69) is 35.5 Å². The van der Waals surface area contributed by atoms with Gasteiger partial charge in [-0.1, -0.05) is 12.1 Å². The maximum Gasteiger partial charge on any atom is 0.0968 e. The number of hydrogen-bond acceptors (Lipinski definition) is 4. The van der Waals surface area contributed by atoms with Crippen molar-refractivity contribution in [3.63, 3.8) is 0 Å². The predicted octanol–water partition coefficient (Wildman–Crippen LogP) is 2.22. The van der Waals surface area contributed by atoms with Crippen LogP contribution in [0.15, 0.2) is 24.3 Å². The Labute approximate surface area is 125 Å². The van der Waals surface area contributed by atoms with E-state index in [1.54, 1.807) is 7.11 Å². The third-order valence-corrected chi connectivity index (χ3v) is 3.53. The van der Waals surface area contributed by atoms with E-state index in [4.69, 9.17) is 4.74 Å². The number of nitrogens with zero attached hydrogens (tertiary/aromatic N) is 2. The highest BCUT2D eigenvalue weighted by Gasteiger charge is 2.11. The zero-order chi connectivity index (χ0) is 15.4. The number of anilines is 1. The summed E-state index contributed by atoms with van der Waals surface area (Å²) in [5, 5.41) is 17.6. The Bertz CT molecular complexity index is 608. The van der Waals surface area contributed by atoms with Crippen molar-refractivity contribution >= 4 is 5.69 Å². The van der Waals surface area contributed by atoms with E-state index in [0.29, 0.717) is 13.2 Å². The van der Waals surface area contributed by atoms with Gasteiger partial charge in [-0.2, -0.15) is 5.10 Å². The molecule has 5 heteroatoms. The summed E-state index contributed by atoms with van der Waals surface area (Å²) in [6, 6.07) is 8.26. The van der Waals surface area contributed by atoms with Gasteiger partial charge in [0.25, 0.3) is 0 Å². The fraction of sp³-hybridized carbons (Fsp3) is 0.438. The Kier molecular flexibility index (Phi) is 4.98. The lowest BCUT2D eigenvalue weighted by Gasteiger charge is -2.10. The molecule has 1 aromatic carbocycles. The van der Waals surface area contributed by atoms with E-state index >= 15 is 0 Å². The lowest BCUT2D eigenvalue weighted by Crippen LogP contribution is -2.22. The van der Waals surface area contributed by atoms with Gasteiger partial charge < -0.3 is 15.2 Å². The number of benzene rings is 1. The molecule has 1 unspecified atom stereocenters. The first-order valence-electron chi connectivity index (χ1n) is 7.05. The van der Waals surface area contributed by atoms with Gasteiger partial charge in [0.2, 0.25) is 0 Å². The number of rotatable bonds is 6. The van der Waals surface area contributed by atoms with Gasteiger partial charge in [-0.05, 0) is 31.5 Å². The van der Waals surface area contributed by atoms with Crippen LogP contribution in [0.4, 0.5) is 5.69 Å². The van der Waals surface area contributed by atoms with E-state index in [1.165, 1.54) is 5.56 Å². The maximum absolute atomic E-state index is 9.83. The molecule has 21 heavy (non-hydrogen) atoms. The summed E-state index contributed by atoms with van der Waals surface area (Å²) in [6.07, 6.45) is -0.549. The molecule has 0 spiro atoms. The van der Waals surface area contributed by atoms with Gasteiger partial charge in [-0.3, -0.25) is 4.68 Å². The molecule has 1 atom stereocenters. The quantitative estimate of drug-likeness (QED) is 0.856. The lowest BCUT2D eigenvalue weighted by molar-refractivity contribution is 0.0510. The number of methoxy groups -OCH3 is 1. The second kappa shape index (κ2) is 6.74. The van der Waals surface area contributed by atoms with Gasteiger partial charge in [0.15, 0.2) is 0 Å². The number of hydrogen-bond donors (Lipinski definition) is 2. The van der Waals surface area contributed by atoms with Crippen LogP contribution in [0.3, 0.4) is 0 Å². The fourth-order valence-corrected chi connectivity index (χ4v) is 2.33. The van der Waals surface area contributed by atoms with Gasteiger partial charge in [-0.15, -0.1) is 0 Å². The zero-order valence-corrected chi connectivity index (χ0v) is 13.1. The van der Waals surface area contributed by atoms with Crippen LogP contribution in [-0.4, -0.2) is 41.8 Å². The van der Waals surface area contributed by atoms with Crippen LogP contribution in [0.2, 0.25) is 0 Å². The average molecular weight is 289 g/mol. The second-order valence-electron chi connectivity index (χ2n) is 5.24. The highest BCUT2D eigenvalue weighted by Crippen LogP contribution is 2.25. The van der Waals surface area contributed by atoms with E-state index in [-0.39, 0.29) is 0 Å². The molecule has 0 bridgehead atoms. The van der Waals surface area contributed by atoms with Crippen LogP contribution in [0, 0.1) is 13.8 Å². The minimum absolute atomic E-state index is 0.309. The molecule has 0 saturated heterocycles. The molecule has 1 aromatic heterocycles. The third kappa shape index (κ3) is 3.62.